The van der Waals surface area contributed by atoms with Crippen molar-refractivity contribution in [1.82, 2.24) is 5.32 Å². The fourth-order valence-electron chi connectivity index (χ4n) is 1.52. The van der Waals surface area contributed by atoms with E-state index in [-0.39, 0.29) is 0 Å². The summed E-state index contributed by atoms with van der Waals surface area (Å²) in [5.41, 5.74) is 4.55. The minimum Gasteiger partial charge on any atom is -0.319 e. The SMILES string of the molecule is CNCCc1cc(C#N)cc(C)c1C. The molecule has 0 aromatic heterocycles. The number of hydrogen-bond donors (Lipinski definition) is 1. The molecule has 0 amide bonds. The average Bonchev–Trinajstić information content (AvgIpc) is 2.20. The molecule has 0 atom stereocenters. The number of rotatable bonds is 3. The van der Waals surface area contributed by atoms with E-state index in [9.17, 15) is 0 Å². The van der Waals surface area contributed by atoms with Crippen molar-refractivity contribution in [2.45, 2.75) is 20.3 Å². The molecule has 0 saturated carbocycles. The molecule has 0 spiro atoms. The normalized spacial score (nSPS) is 9.86. The first-order valence-corrected chi connectivity index (χ1v) is 4.84. The van der Waals surface area contributed by atoms with Gasteiger partial charge in [-0.2, -0.15) is 5.26 Å². The minimum atomic E-state index is 0.763. The van der Waals surface area contributed by atoms with Crippen LogP contribution in [0.2, 0.25) is 0 Å². The summed E-state index contributed by atoms with van der Waals surface area (Å²) in [5.74, 6) is 0. The third-order valence-electron chi connectivity index (χ3n) is 2.55. The van der Waals surface area contributed by atoms with E-state index < -0.39 is 0 Å². The van der Waals surface area contributed by atoms with Gasteiger partial charge in [-0.25, -0.2) is 0 Å². The topological polar surface area (TPSA) is 35.8 Å². The van der Waals surface area contributed by atoms with Gasteiger partial charge in [-0.3, -0.25) is 0 Å². The van der Waals surface area contributed by atoms with Crippen molar-refractivity contribution in [2.75, 3.05) is 13.6 Å². The van der Waals surface area contributed by atoms with Crippen LogP contribution in [0.25, 0.3) is 0 Å². The van der Waals surface area contributed by atoms with Crippen LogP contribution in [-0.2, 0) is 6.42 Å². The Morgan fingerprint density at radius 2 is 2.07 bits per heavy atom. The second kappa shape index (κ2) is 4.78. The highest BCUT2D eigenvalue weighted by atomic mass is 14.8. The van der Waals surface area contributed by atoms with Crippen LogP contribution >= 0.6 is 0 Å². The molecule has 1 N–H and O–H groups in total. The van der Waals surface area contributed by atoms with Crippen LogP contribution in [0.4, 0.5) is 0 Å². The van der Waals surface area contributed by atoms with Crippen molar-refractivity contribution in [3.8, 4) is 6.07 Å². The van der Waals surface area contributed by atoms with Gasteiger partial charge in [-0.05, 0) is 62.7 Å². The summed E-state index contributed by atoms with van der Waals surface area (Å²) in [5, 5.41) is 12.0. The molecule has 0 bridgehead atoms. The Morgan fingerprint density at radius 1 is 1.36 bits per heavy atom. The summed E-state index contributed by atoms with van der Waals surface area (Å²) in [6, 6.07) is 6.12. The van der Waals surface area contributed by atoms with Crippen molar-refractivity contribution < 1.29 is 0 Å². The number of nitriles is 1. The Kier molecular flexibility index (Phi) is 3.67. The maximum Gasteiger partial charge on any atom is 0.0991 e. The highest BCUT2D eigenvalue weighted by molar-refractivity contribution is 5.42. The Morgan fingerprint density at radius 3 is 2.64 bits per heavy atom. The molecule has 1 aromatic carbocycles. The number of nitrogens with one attached hydrogen (secondary N) is 1. The predicted molar refractivity (Wildman–Crippen MR) is 58.3 cm³/mol. The third kappa shape index (κ3) is 2.34. The molecule has 0 unspecified atom stereocenters. The number of nitrogens with zero attached hydrogens (tertiary/aromatic N) is 1. The van der Waals surface area contributed by atoms with Crippen LogP contribution < -0.4 is 5.32 Å². The van der Waals surface area contributed by atoms with E-state index in [4.69, 9.17) is 5.26 Å². The lowest BCUT2D eigenvalue weighted by atomic mass is 9.98. The Bertz CT molecular complexity index is 361. The molecule has 0 fully saturated rings. The lowest BCUT2D eigenvalue weighted by Gasteiger charge is -2.09. The summed E-state index contributed by atoms with van der Waals surface area (Å²) in [6.45, 7) is 5.12. The van der Waals surface area contributed by atoms with Crippen LogP contribution in [-0.4, -0.2) is 13.6 Å². The summed E-state index contributed by atoms with van der Waals surface area (Å²) < 4.78 is 0. The van der Waals surface area contributed by atoms with E-state index in [1.165, 1.54) is 16.7 Å². The zero-order chi connectivity index (χ0) is 10.6. The first kappa shape index (κ1) is 10.7. The molecule has 0 aliphatic rings. The standard InChI is InChI=1S/C12H16N2/c1-9-6-11(8-13)7-12(10(9)2)4-5-14-3/h6-7,14H,4-5H2,1-3H3. The van der Waals surface area contributed by atoms with E-state index >= 15 is 0 Å². The van der Waals surface area contributed by atoms with E-state index in [1.807, 2.05) is 19.2 Å². The fraction of sp³-hybridized carbons (Fsp3) is 0.417. The molecule has 0 heterocycles. The van der Waals surface area contributed by atoms with Crippen molar-refractivity contribution in [2.24, 2.45) is 0 Å². The quantitative estimate of drug-likeness (QED) is 0.786. The smallest absolute Gasteiger partial charge is 0.0991 e. The lowest BCUT2D eigenvalue weighted by molar-refractivity contribution is 0.787. The zero-order valence-corrected chi connectivity index (χ0v) is 9.02. The van der Waals surface area contributed by atoms with E-state index in [0.29, 0.717) is 0 Å². The summed E-state index contributed by atoms with van der Waals surface area (Å²) in [7, 11) is 1.94. The Labute approximate surface area is 85.6 Å². The molecule has 1 aromatic rings. The molecule has 2 heteroatoms. The van der Waals surface area contributed by atoms with E-state index in [2.05, 4.69) is 25.2 Å². The zero-order valence-electron chi connectivity index (χ0n) is 9.02. The molecule has 2 nitrogen and oxygen atoms in total. The van der Waals surface area contributed by atoms with Crippen LogP contribution in [0.1, 0.15) is 22.3 Å². The molecule has 0 aliphatic heterocycles. The molecule has 0 radical (unpaired) electrons. The summed E-state index contributed by atoms with van der Waals surface area (Å²) in [4.78, 5) is 0. The lowest BCUT2D eigenvalue weighted by Crippen LogP contribution is -2.11. The highest BCUT2D eigenvalue weighted by Gasteiger charge is 2.03. The van der Waals surface area contributed by atoms with Gasteiger partial charge in [0.25, 0.3) is 0 Å². The van der Waals surface area contributed by atoms with Crippen molar-refractivity contribution in [3.63, 3.8) is 0 Å². The maximum atomic E-state index is 8.84. The van der Waals surface area contributed by atoms with Gasteiger partial charge < -0.3 is 5.32 Å². The number of hydrogen-bond acceptors (Lipinski definition) is 2. The van der Waals surface area contributed by atoms with Crippen molar-refractivity contribution >= 4 is 0 Å². The van der Waals surface area contributed by atoms with Gasteiger partial charge in [-0.1, -0.05) is 0 Å². The molecular weight excluding hydrogens is 172 g/mol. The van der Waals surface area contributed by atoms with Gasteiger partial charge in [-0.15, -0.1) is 0 Å². The largest absolute Gasteiger partial charge is 0.319 e. The fourth-order valence-corrected chi connectivity index (χ4v) is 1.52. The van der Waals surface area contributed by atoms with Crippen LogP contribution in [0.15, 0.2) is 12.1 Å². The second-order valence-corrected chi connectivity index (χ2v) is 3.54. The first-order valence-electron chi connectivity index (χ1n) is 4.84. The second-order valence-electron chi connectivity index (χ2n) is 3.54. The molecule has 0 saturated heterocycles. The van der Waals surface area contributed by atoms with Gasteiger partial charge in [0, 0.05) is 0 Å². The van der Waals surface area contributed by atoms with Gasteiger partial charge in [0.2, 0.25) is 0 Å². The summed E-state index contributed by atoms with van der Waals surface area (Å²) >= 11 is 0. The number of aryl methyl sites for hydroxylation is 1. The Balaban J connectivity index is 3.02. The molecular formula is C12H16N2. The van der Waals surface area contributed by atoms with Gasteiger partial charge in [0.15, 0.2) is 0 Å². The van der Waals surface area contributed by atoms with Gasteiger partial charge in [0.1, 0.15) is 0 Å². The van der Waals surface area contributed by atoms with Crippen molar-refractivity contribution in [3.05, 3.63) is 34.4 Å². The maximum absolute atomic E-state index is 8.84. The van der Waals surface area contributed by atoms with Crippen LogP contribution in [0.5, 0.6) is 0 Å². The highest BCUT2D eigenvalue weighted by Crippen LogP contribution is 2.16. The Hall–Kier alpha value is -1.33. The number of likely N-dealkylation sites (N-methyl/N-ethyl adjacent to an activating group) is 1. The summed E-state index contributed by atoms with van der Waals surface area (Å²) in [6.07, 6.45) is 0.985. The first-order chi connectivity index (χ1) is 6.69. The van der Waals surface area contributed by atoms with Gasteiger partial charge in [0.05, 0.1) is 11.6 Å². The minimum absolute atomic E-state index is 0.763. The van der Waals surface area contributed by atoms with Crippen molar-refractivity contribution in [1.29, 1.82) is 5.26 Å². The van der Waals surface area contributed by atoms with Crippen LogP contribution in [0, 0.1) is 25.2 Å². The average molecular weight is 188 g/mol. The third-order valence-corrected chi connectivity index (χ3v) is 2.55. The van der Waals surface area contributed by atoms with E-state index in [0.717, 1.165) is 18.5 Å². The molecule has 14 heavy (non-hydrogen) atoms. The van der Waals surface area contributed by atoms with Crippen LogP contribution in [0.3, 0.4) is 0 Å². The molecule has 0 aliphatic carbocycles. The monoisotopic (exact) mass is 188 g/mol. The number of benzene rings is 1. The van der Waals surface area contributed by atoms with E-state index in [1.54, 1.807) is 0 Å². The predicted octanol–water partition coefficient (Wildman–Crippen LogP) is 1.94. The van der Waals surface area contributed by atoms with Gasteiger partial charge >= 0.3 is 0 Å². The molecule has 1 rings (SSSR count). The molecule has 74 valence electrons.